The van der Waals surface area contributed by atoms with Crippen molar-refractivity contribution in [2.75, 3.05) is 11.9 Å². The first-order valence-electron chi connectivity index (χ1n) is 8.50. The highest BCUT2D eigenvalue weighted by molar-refractivity contribution is 7.80. The van der Waals surface area contributed by atoms with Crippen LogP contribution in [0, 0.1) is 0 Å². The van der Waals surface area contributed by atoms with Crippen LogP contribution in [-0.4, -0.2) is 28.2 Å². The molecule has 3 rings (SSSR count). The number of anilines is 1. The van der Waals surface area contributed by atoms with E-state index in [1.54, 1.807) is 18.2 Å². The van der Waals surface area contributed by atoms with Crippen molar-refractivity contribution in [1.82, 2.24) is 4.98 Å². The van der Waals surface area contributed by atoms with Crippen molar-refractivity contribution < 1.29 is 27.8 Å². The highest BCUT2D eigenvalue weighted by atomic mass is 35.5. The topological polar surface area (TPSA) is 71.5 Å². The summed E-state index contributed by atoms with van der Waals surface area (Å²) in [5, 5.41) is 10.2. The van der Waals surface area contributed by atoms with Gasteiger partial charge in [-0.15, -0.1) is 0 Å². The summed E-state index contributed by atoms with van der Waals surface area (Å²) in [4.78, 5) is 12.2. The summed E-state index contributed by atoms with van der Waals surface area (Å²) in [6.45, 7) is 4.00. The molecule has 2 N–H and O–H groups in total. The zero-order chi connectivity index (χ0) is 22.0. The summed E-state index contributed by atoms with van der Waals surface area (Å²) < 4.78 is 45.4. The molecular weight excluding hydrogens is 429 g/mol. The molecule has 0 saturated heterocycles. The summed E-state index contributed by atoms with van der Waals surface area (Å²) in [6.07, 6.45) is -3.20. The first kappa shape index (κ1) is 24.8. The van der Waals surface area contributed by atoms with Crippen molar-refractivity contribution in [3.63, 3.8) is 0 Å². The Morgan fingerprint density at radius 3 is 2.55 bits per heavy atom. The highest BCUT2D eigenvalue weighted by Gasteiger charge is 2.38. The smallest absolute Gasteiger partial charge is 0.433 e. The van der Waals surface area contributed by atoms with Crippen LogP contribution in [0.15, 0.2) is 36.5 Å². The number of aromatic nitrogens is 1. The van der Waals surface area contributed by atoms with E-state index >= 15 is 0 Å². The normalized spacial score (nSPS) is 15.4. The number of carboxylic acid groups (broad SMARTS) is 1. The Morgan fingerprint density at radius 2 is 1.97 bits per heavy atom. The van der Waals surface area contributed by atoms with Crippen LogP contribution in [0.3, 0.4) is 0 Å². The monoisotopic (exact) mass is 448 g/mol. The van der Waals surface area contributed by atoms with Gasteiger partial charge in [0.2, 0.25) is 0 Å². The minimum atomic E-state index is -4.58. The van der Waals surface area contributed by atoms with Gasteiger partial charge in [0.25, 0.3) is 6.47 Å². The Bertz CT molecular complexity index is 835. The summed E-state index contributed by atoms with van der Waals surface area (Å²) >= 11 is 11.1. The summed E-state index contributed by atoms with van der Waals surface area (Å²) in [6, 6.07) is 7.64. The standard InChI is InChI=1S/C15H10ClF3N2OS.C3H8.CH2O2/c16-8-3-4-11-10(6-8)13(22-7-12(23)21-11)9-2-1-5-20-14(9)15(17,18)19;1-3-2;2-1-3/h1-6,13H,7H2,(H,21,23);3H2,1-2H3;1H,(H,2,3)/t13-;;/m1../s1. The van der Waals surface area contributed by atoms with Gasteiger partial charge in [0.15, 0.2) is 5.69 Å². The Morgan fingerprint density at radius 1 is 1.34 bits per heavy atom. The van der Waals surface area contributed by atoms with Gasteiger partial charge >= 0.3 is 6.18 Å². The Balaban J connectivity index is 0.000000626. The molecule has 1 aliphatic heterocycles. The molecule has 1 atom stereocenters. The van der Waals surface area contributed by atoms with Crippen LogP contribution in [-0.2, 0) is 15.7 Å². The van der Waals surface area contributed by atoms with Crippen molar-refractivity contribution >= 4 is 41.0 Å². The Kier molecular flexibility index (Phi) is 10.0. The lowest BCUT2D eigenvalue weighted by molar-refractivity contribution is -0.142. The first-order chi connectivity index (χ1) is 13.7. The number of pyridine rings is 1. The number of rotatable bonds is 1. The van der Waals surface area contributed by atoms with E-state index in [1.165, 1.54) is 18.6 Å². The number of nitrogens with one attached hydrogen (secondary N) is 1. The molecule has 0 fully saturated rings. The largest absolute Gasteiger partial charge is 0.483 e. The van der Waals surface area contributed by atoms with Crippen molar-refractivity contribution in [2.24, 2.45) is 0 Å². The van der Waals surface area contributed by atoms with E-state index in [2.05, 4.69) is 24.1 Å². The predicted octanol–water partition coefficient (Wildman–Crippen LogP) is 5.73. The highest BCUT2D eigenvalue weighted by Crippen LogP contribution is 2.40. The van der Waals surface area contributed by atoms with E-state index in [0.717, 1.165) is 6.20 Å². The molecule has 5 nitrogen and oxygen atoms in total. The Labute approximate surface area is 176 Å². The van der Waals surface area contributed by atoms with Crippen molar-refractivity contribution in [1.29, 1.82) is 0 Å². The van der Waals surface area contributed by atoms with Crippen molar-refractivity contribution in [3.8, 4) is 0 Å². The van der Waals surface area contributed by atoms with Crippen LogP contribution in [0.2, 0.25) is 5.02 Å². The molecule has 0 amide bonds. The molecule has 10 heteroatoms. The number of ether oxygens (including phenoxy) is 1. The van der Waals surface area contributed by atoms with E-state index in [4.69, 9.17) is 38.5 Å². The molecule has 0 spiro atoms. The fourth-order valence-corrected chi connectivity index (χ4v) is 2.78. The lowest BCUT2D eigenvalue weighted by atomic mass is 9.98. The molecule has 1 aliphatic rings. The van der Waals surface area contributed by atoms with Crippen LogP contribution in [0.1, 0.15) is 43.2 Å². The fourth-order valence-electron chi connectivity index (χ4n) is 2.42. The average molecular weight is 449 g/mol. The molecular formula is C19H20ClF3N2O3S. The van der Waals surface area contributed by atoms with Gasteiger partial charge in [0.1, 0.15) is 11.1 Å². The number of benzene rings is 1. The van der Waals surface area contributed by atoms with E-state index in [-0.39, 0.29) is 18.6 Å². The van der Waals surface area contributed by atoms with Crippen LogP contribution >= 0.6 is 23.8 Å². The van der Waals surface area contributed by atoms with Gasteiger partial charge in [0.05, 0.1) is 6.61 Å². The predicted molar refractivity (Wildman–Crippen MR) is 109 cm³/mol. The molecule has 2 heterocycles. The van der Waals surface area contributed by atoms with Crippen LogP contribution in [0.4, 0.5) is 18.9 Å². The fraction of sp³-hybridized carbons (Fsp3) is 0.316. The number of thiocarbonyl (C=S) groups is 1. The van der Waals surface area contributed by atoms with Gasteiger partial charge in [-0.1, -0.05) is 50.2 Å². The Hall–Kier alpha value is -2.23. The molecule has 0 saturated carbocycles. The number of carbonyl (C=O) groups is 1. The van der Waals surface area contributed by atoms with Crippen LogP contribution in [0.25, 0.3) is 0 Å². The molecule has 29 heavy (non-hydrogen) atoms. The lowest BCUT2D eigenvalue weighted by Crippen LogP contribution is -2.17. The maximum atomic E-state index is 13.3. The average Bonchev–Trinajstić information content (AvgIpc) is 2.80. The van der Waals surface area contributed by atoms with Crippen LogP contribution < -0.4 is 5.32 Å². The molecule has 0 aliphatic carbocycles. The summed E-state index contributed by atoms with van der Waals surface area (Å²) in [5.74, 6) is 0. The second-order valence-corrected chi connectivity index (χ2v) is 6.65. The third-order valence-corrected chi connectivity index (χ3v) is 3.80. The number of fused-ring (bicyclic) bond motifs is 1. The number of halogens is 4. The third kappa shape index (κ3) is 7.26. The van der Waals surface area contributed by atoms with Crippen molar-refractivity contribution in [3.05, 3.63) is 58.4 Å². The molecule has 1 aromatic heterocycles. The second kappa shape index (κ2) is 11.7. The van der Waals surface area contributed by atoms with Gasteiger partial charge in [0, 0.05) is 28.0 Å². The number of alkyl halides is 3. The van der Waals surface area contributed by atoms with Crippen molar-refractivity contribution in [2.45, 2.75) is 32.5 Å². The molecule has 158 valence electrons. The molecule has 0 unspecified atom stereocenters. The van der Waals surface area contributed by atoms with Gasteiger partial charge in [-0.2, -0.15) is 13.2 Å². The van der Waals surface area contributed by atoms with Crippen LogP contribution in [0.5, 0.6) is 0 Å². The minimum absolute atomic E-state index is 0.00150. The van der Waals surface area contributed by atoms with E-state index in [0.29, 0.717) is 21.3 Å². The summed E-state index contributed by atoms with van der Waals surface area (Å²) in [5.41, 5.74) is -0.00603. The third-order valence-electron chi connectivity index (χ3n) is 3.34. The zero-order valence-corrected chi connectivity index (χ0v) is 17.2. The van der Waals surface area contributed by atoms with Gasteiger partial charge < -0.3 is 15.2 Å². The van der Waals surface area contributed by atoms with Gasteiger partial charge in [-0.3, -0.25) is 9.78 Å². The maximum absolute atomic E-state index is 13.3. The minimum Gasteiger partial charge on any atom is -0.483 e. The quantitative estimate of drug-likeness (QED) is 0.429. The van der Waals surface area contributed by atoms with Gasteiger partial charge in [-0.25, -0.2) is 0 Å². The maximum Gasteiger partial charge on any atom is 0.433 e. The number of nitrogens with zero attached hydrogens (tertiary/aromatic N) is 1. The van der Waals surface area contributed by atoms with E-state index in [1.807, 2.05) is 0 Å². The molecule has 1 aromatic carbocycles. The zero-order valence-electron chi connectivity index (χ0n) is 15.7. The second-order valence-electron chi connectivity index (χ2n) is 5.72. The SMILES string of the molecule is CCC.FC(F)(F)c1ncccc1[C@H]1OCC(=S)Nc2ccc(Cl)cc21.O=CO. The van der Waals surface area contributed by atoms with Gasteiger partial charge in [-0.05, 0) is 24.3 Å². The molecule has 0 bridgehead atoms. The number of hydrogen-bond acceptors (Lipinski definition) is 4. The summed E-state index contributed by atoms with van der Waals surface area (Å²) in [7, 11) is 0. The number of hydrogen-bond donors (Lipinski definition) is 2. The first-order valence-corrected chi connectivity index (χ1v) is 9.28. The molecule has 0 radical (unpaired) electrons. The van der Waals surface area contributed by atoms with E-state index < -0.39 is 18.0 Å². The lowest BCUT2D eigenvalue weighted by Gasteiger charge is -2.21. The van der Waals surface area contributed by atoms with E-state index in [9.17, 15) is 13.2 Å². The molecule has 2 aromatic rings.